The summed E-state index contributed by atoms with van der Waals surface area (Å²) >= 11 is 0. The molecule has 2 amide bonds. The molecule has 0 saturated carbocycles. The number of benzene rings is 2. The van der Waals surface area contributed by atoms with Crippen LogP contribution in [0.2, 0.25) is 0 Å². The first-order chi connectivity index (χ1) is 15.2. The molecule has 0 fully saturated rings. The molecule has 0 bridgehead atoms. The molecule has 0 spiro atoms. The van der Waals surface area contributed by atoms with Gasteiger partial charge in [-0.3, -0.25) is 0 Å². The lowest BCUT2D eigenvalue weighted by Gasteiger charge is -2.22. The molecular formula is C24H32N2O6S. The number of amides is 2. The Labute approximate surface area is 195 Å². The average molecular weight is 477 g/mol. The normalized spacial score (nSPS) is 12.1. The Kier molecular flexibility index (Phi) is 7.92. The largest absolute Gasteiger partial charge is 0.465 e. The van der Waals surface area contributed by atoms with E-state index in [1.54, 1.807) is 18.2 Å². The molecule has 33 heavy (non-hydrogen) atoms. The van der Waals surface area contributed by atoms with Crippen molar-refractivity contribution in [2.24, 2.45) is 0 Å². The highest BCUT2D eigenvalue weighted by atomic mass is 32.2. The Morgan fingerprint density at radius 2 is 1.55 bits per heavy atom. The van der Waals surface area contributed by atoms with Crippen molar-refractivity contribution < 1.29 is 27.9 Å². The molecule has 0 aromatic heterocycles. The molecule has 3 N–H and O–H groups in total. The number of urea groups is 1. The van der Waals surface area contributed by atoms with Gasteiger partial charge in [-0.25, -0.2) is 22.7 Å². The molecule has 2 aromatic carbocycles. The third-order valence-electron chi connectivity index (χ3n) is 5.18. The van der Waals surface area contributed by atoms with E-state index in [-0.39, 0.29) is 16.7 Å². The van der Waals surface area contributed by atoms with Gasteiger partial charge in [0.05, 0.1) is 23.2 Å². The van der Waals surface area contributed by atoms with E-state index in [0.29, 0.717) is 27.9 Å². The summed E-state index contributed by atoms with van der Waals surface area (Å²) in [6.07, 6.45) is 0. The minimum Gasteiger partial charge on any atom is -0.465 e. The highest BCUT2D eigenvalue weighted by Crippen LogP contribution is 2.34. The van der Waals surface area contributed by atoms with Crippen molar-refractivity contribution in [1.82, 2.24) is 4.72 Å². The van der Waals surface area contributed by atoms with Crippen LogP contribution in [-0.4, -0.2) is 32.6 Å². The number of hydrogen-bond donors (Lipinski definition) is 3. The summed E-state index contributed by atoms with van der Waals surface area (Å²) < 4.78 is 32.5. The highest BCUT2D eigenvalue weighted by Gasteiger charge is 2.24. The van der Waals surface area contributed by atoms with Crippen LogP contribution in [0.5, 0.6) is 0 Å². The average Bonchev–Trinajstić information content (AvgIpc) is 2.71. The van der Waals surface area contributed by atoms with Crippen LogP contribution in [0.1, 0.15) is 80.4 Å². The van der Waals surface area contributed by atoms with E-state index in [1.165, 1.54) is 39.2 Å². The number of carbonyl (C=O) groups is 2. The summed E-state index contributed by atoms with van der Waals surface area (Å²) in [6, 6.07) is 8.11. The van der Waals surface area contributed by atoms with E-state index in [0.717, 1.165) is 0 Å². The lowest BCUT2D eigenvalue weighted by atomic mass is 9.90. The Morgan fingerprint density at radius 1 is 1.00 bits per heavy atom. The van der Waals surface area contributed by atoms with E-state index in [2.05, 4.69) is 5.32 Å². The molecule has 0 radical (unpaired) electrons. The van der Waals surface area contributed by atoms with Gasteiger partial charge in [-0.15, -0.1) is 0 Å². The van der Waals surface area contributed by atoms with Gasteiger partial charge in [-0.05, 0) is 66.6 Å². The van der Waals surface area contributed by atoms with Crippen molar-refractivity contribution in [2.75, 3.05) is 12.4 Å². The molecule has 180 valence electrons. The number of methoxy groups -OCH3 is 1. The van der Waals surface area contributed by atoms with E-state index in [1.807, 2.05) is 32.4 Å². The first kappa shape index (κ1) is 26.3. The summed E-state index contributed by atoms with van der Waals surface area (Å²) in [5, 5.41) is 12.8. The van der Waals surface area contributed by atoms with E-state index < -0.39 is 27.6 Å². The number of esters is 1. The zero-order valence-electron chi connectivity index (χ0n) is 20.0. The molecule has 2 rings (SSSR count). The lowest BCUT2D eigenvalue weighted by molar-refractivity contribution is 0.0600. The van der Waals surface area contributed by atoms with Crippen LogP contribution in [0, 0.1) is 0 Å². The van der Waals surface area contributed by atoms with Crippen LogP contribution < -0.4 is 10.0 Å². The lowest BCUT2D eigenvalue weighted by Crippen LogP contribution is -2.35. The fourth-order valence-electron chi connectivity index (χ4n) is 3.34. The number of anilines is 1. The number of aliphatic hydroxyl groups is 1. The Hall–Kier alpha value is -2.91. The minimum atomic E-state index is -4.20. The SMILES string of the molecule is COC(=O)c1cc(C(C)C)c(NC(=O)NS(=O)(=O)c2cccc(C(C)(C)O)c2)c(C(C)C)c1. The van der Waals surface area contributed by atoms with Gasteiger partial charge in [0.15, 0.2) is 0 Å². The van der Waals surface area contributed by atoms with Crippen molar-refractivity contribution in [3.05, 3.63) is 58.7 Å². The Balaban J connectivity index is 2.43. The second-order valence-electron chi connectivity index (χ2n) is 8.98. The van der Waals surface area contributed by atoms with E-state index in [9.17, 15) is 23.1 Å². The molecule has 0 aliphatic carbocycles. The highest BCUT2D eigenvalue weighted by molar-refractivity contribution is 7.90. The predicted octanol–water partition coefficient (Wildman–Crippen LogP) is 4.46. The third kappa shape index (κ3) is 6.33. The van der Waals surface area contributed by atoms with Crippen molar-refractivity contribution in [2.45, 2.75) is 63.9 Å². The molecule has 0 atom stereocenters. The van der Waals surface area contributed by atoms with Crippen molar-refractivity contribution in [3.63, 3.8) is 0 Å². The summed E-state index contributed by atoms with van der Waals surface area (Å²) in [4.78, 5) is 24.7. The number of carbonyl (C=O) groups excluding carboxylic acids is 2. The number of nitrogens with one attached hydrogen (secondary N) is 2. The van der Waals surface area contributed by atoms with Crippen molar-refractivity contribution >= 4 is 27.7 Å². The van der Waals surface area contributed by atoms with Crippen LogP contribution in [0.25, 0.3) is 0 Å². The maximum absolute atomic E-state index is 12.8. The fraction of sp³-hybridized carbons (Fsp3) is 0.417. The standard InChI is InChI=1S/C24H32N2O6S/c1-14(2)19-11-16(22(27)32-7)12-20(15(3)4)21(19)25-23(28)26-33(30,31)18-10-8-9-17(13-18)24(5,6)29/h8-15,29H,1-7H3,(H2,25,26,28). The van der Waals surface area contributed by atoms with Gasteiger partial charge in [0.25, 0.3) is 10.0 Å². The topological polar surface area (TPSA) is 122 Å². The van der Waals surface area contributed by atoms with E-state index in [4.69, 9.17) is 4.74 Å². The van der Waals surface area contributed by atoms with Crippen LogP contribution in [-0.2, 0) is 20.4 Å². The van der Waals surface area contributed by atoms with Gasteiger partial charge in [-0.2, -0.15) is 0 Å². The van der Waals surface area contributed by atoms with Crippen molar-refractivity contribution in [3.8, 4) is 0 Å². The monoisotopic (exact) mass is 476 g/mol. The predicted molar refractivity (Wildman–Crippen MR) is 127 cm³/mol. The summed E-state index contributed by atoms with van der Waals surface area (Å²) in [5.41, 5.74) is 1.32. The Morgan fingerprint density at radius 3 is 2.00 bits per heavy atom. The zero-order valence-corrected chi connectivity index (χ0v) is 20.8. The minimum absolute atomic E-state index is 0.0671. The molecule has 0 aliphatic heterocycles. The van der Waals surface area contributed by atoms with Gasteiger partial charge in [0.2, 0.25) is 0 Å². The molecule has 0 aliphatic rings. The molecule has 0 heterocycles. The molecule has 8 nitrogen and oxygen atoms in total. The molecule has 0 saturated heterocycles. The van der Waals surface area contributed by atoms with Crippen LogP contribution in [0.4, 0.5) is 10.5 Å². The molecular weight excluding hydrogens is 444 g/mol. The van der Waals surface area contributed by atoms with Gasteiger partial charge >= 0.3 is 12.0 Å². The van der Waals surface area contributed by atoms with Crippen molar-refractivity contribution in [1.29, 1.82) is 0 Å². The number of ether oxygens (including phenoxy) is 1. The molecule has 0 unspecified atom stereocenters. The molecule has 2 aromatic rings. The smallest absolute Gasteiger partial charge is 0.337 e. The van der Waals surface area contributed by atoms with Crippen LogP contribution in [0.15, 0.2) is 41.3 Å². The van der Waals surface area contributed by atoms with E-state index >= 15 is 0 Å². The second-order valence-corrected chi connectivity index (χ2v) is 10.7. The first-order valence-corrected chi connectivity index (χ1v) is 12.1. The van der Waals surface area contributed by atoms with Gasteiger partial charge in [0.1, 0.15) is 0 Å². The maximum atomic E-state index is 12.8. The zero-order chi connectivity index (χ0) is 25.1. The summed E-state index contributed by atoms with van der Waals surface area (Å²) in [7, 11) is -2.91. The first-order valence-electron chi connectivity index (χ1n) is 10.6. The van der Waals surface area contributed by atoms with Gasteiger partial charge in [0, 0.05) is 5.69 Å². The fourth-order valence-corrected chi connectivity index (χ4v) is 4.30. The van der Waals surface area contributed by atoms with Gasteiger partial charge < -0.3 is 15.2 Å². The third-order valence-corrected chi connectivity index (χ3v) is 6.51. The number of rotatable bonds is 7. The summed E-state index contributed by atoms with van der Waals surface area (Å²) in [5.74, 6) is -0.631. The molecule has 9 heteroatoms. The maximum Gasteiger partial charge on any atom is 0.337 e. The number of sulfonamides is 1. The summed E-state index contributed by atoms with van der Waals surface area (Å²) in [6.45, 7) is 10.7. The van der Waals surface area contributed by atoms with Crippen LogP contribution in [0.3, 0.4) is 0 Å². The number of hydrogen-bond acceptors (Lipinski definition) is 6. The van der Waals surface area contributed by atoms with Crippen LogP contribution >= 0.6 is 0 Å². The quantitative estimate of drug-likeness (QED) is 0.507. The second kappa shape index (κ2) is 9.93. The van der Waals surface area contributed by atoms with Gasteiger partial charge in [-0.1, -0.05) is 39.8 Å². The Bertz CT molecular complexity index is 1120.